The zero-order valence-electron chi connectivity index (χ0n) is 17.1. The largest absolute Gasteiger partial charge is 0.384 e. The van der Waals surface area contributed by atoms with Crippen molar-refractivity contribution >= 4 is 35.3 Å². The summed E-state index contributed by atoms with van der Waals surface area (Å²) in [5.74, 6) is -2.29. The molecule has 0 spiro atoms. The predicted molar refractivity (Wildman–Crippen MR) is 108 cm³/mol. The molecule has 1 aromatic rings. The molecular formula is C20H23F2N5O5. The van der Waals surface area contributed by atoms with Gasteiger partial charge in [0.1, 0.15) is 6.04 Å². The van der Waals surface area contributed by atoms with Crippen LogP contribution >= 0.6 is 0 Å². The van der Waals surface area contributed by atoms with Crippen LogP contribution in [0.1, 0.15) is 46.4 Å². The van der Waals surface area contributed by atoms with Crippen LogP contribution in [-0.4, -0.2) is 66.7 Å². The molecule has 0 radical (unpaired) electrons. The van der Waals surface area contributed by atoms with Gasteiger partial charge in [-0.3, -0.25) is 29.4 Å². The van der Waals surface area contributed by atoms with Crippen molar-refractivity contribution in [3.8, 4) is 0 Å². The summed E-state index contributed by atoms with van der Waals surface area (Å²) in [4.78, 5) is 61.5. The average Bonchev–Trinajstić information content (AvgIpc) is 3.00. The topological polar surface area (TPSA) is 137 Å². The second kappa shape index (κ2) is 10.2. The molecule has 2 aliphatic heterocycles. The van der Waals surface area contributed by atoms with Gasteiger partial charge in [-0.25, -0.2) is 13.6 Å². The highest BCUT2D eigenvalue weighted by Crippen LogP contribution is 2.32. The summed E-state index contributed by atoms with van der Waals surface area (Å²) in [5, 5.41) is 9.73. The summed E-state index contributed by atoms with van der Waals surface area (Å²) >= 11 is 0. The molecule has 0 saturated carbocycles. The molecule has 1 unspecified atom stereocenters. The third-order valence-electron chi connectivity index (χ3n) is 5.09. The SMILES string of the molecule is O=C1CCC(N2C(=O)c3cccc(NCCCCNC(=O)NCC(F)F)c3C2=O)C(=O)N1. The molecule has 1 saturated heterocycles. The zero-order valence-corrected chi connectivity index (χ0v) is 17.1. The second-order valence-electron chi connectivity index (χ2n) is 7.34. The zero-order chi connectivity index (χ0) is 23.3. The molecule has 1 aromatic carbocycles. The molecule has 1 fully saturated rings. The Kier molecular flexibility index (Phi) is 7.33. The molecule has 2 aliphatic rings. The molecule has 6 amide bonds. The van der Waals surface area contributed by atoms with E-state index in [4.69, 9.17) is 0 Å². The number of nitrogens with one attached hydrogen (secondary N) is 4. The van der Waals surface area contributed by atoms with Crippen LogP contribution in [0.25, 0.3) is 0 Å². The summed E-state index contributed by atoms with van der Waals surface area (Å²) in [6, 6.07) is 3.07. The van der Waals surface area contributed by atoms with Crippen molar-refractivity contribution in [2.45, 2.75) is 38.2 Å². The Labute approximate surface area is 182 Å². The quantitative estimate of drug-likeness (QED) is 0.325. The summed E-state index contributed by atoms with van der Waals surface area (Å²) < 4.78 is 24.0. The lowest BCUT2D eigenvalue weighted by Crippen LogP contribution is -2.54. The number of benzene rings is 1. The normalized spacial score (nSPS) is 18.0. The van der Waals surface area contributed by atoms with Gasteiger partial charge in [-0.2, -0.15) is 0 Å². The lowest BCUT2D eigenvalue weighted by molar-refractivity contribution is -0.136. The van der Waals surface area contributed by atoms with E-state index in [1.807, 2.05) is 5.32 Å². The number of anilines is 1. The van der Waals surface area contributed by atoms with Crippen molar-refractivity contribution in [3.05, 3.63) is 29.3 Å². The van der Waals surface area contributed by atoms with Crippen LogP contribution in [0.15, 0.2) is 18.2 Å². The first-order valence-corrected chi connectivity index (χ1v) is 10.2. The molecule has 172 valence electrons. The average molecular weight is 451 g/mol. The number of fused-ring (bicyclic) bond motifs is 1. The number of hydrogen-bond donors (Lipinski definition) is 4. The highest BCUT2D eigenvalue weighted by atomic mass is 19.3. The molecule has 2 heterocycles. The van der Waals surface area contributed by atoms with Crippen molar-refractivity contribution in [2.24, 2.45) is 0 Å². The molecule has 12 heteroatoms. The standard InChI is InChI=1S/C20H23F2N5O5/c21-14(22)10-25-20(32)24-9-2-1-8-23-12-5-3-4-11-16(12)19(31)27(18(11)30)13-6-7-15(28)26-17(13)29/h3-5,13-14,23H,1-2,6-10H2,(H2,24,25,32)(H,26,28,29). The molecule has 4 N–H and O–H groups in total. The number of hydrogen-bond acceptors (Lipinski definition) is 6. The van der Waals surface area contributed by atoms with Crippen LogP contribution in [0.4, 0.5) is 19.3 Å². The number of carbonyl (C=O) groups is 5. The fourth-order valence-electron chi connectivity index (χ4n) is 3.57. The Balaban J connectivity index is 1.53. The molecule has 3 rings (SSSR count). The van der Waals surface area contributed by atoms with E-state index in [-0.39, 0.29) is 30.5 Å². The first-order chi connectivity index (χ1) is 15.3. The highest BCUT2D eigenvalue weighted by Gasteiger charge is 2.45. The van der Waals surface area contributed by atoms with Crippen molar-refractivity contribution in [1.82, 2.24) is 20.9 Å². The van der Waals surface area contributed by atoms with Gasteiger partial charge in [0.25, 0.3) is 18.2 Å². The van der Waals surface area contributed by atoms with Crippen LogP contribution in [0.5, 0.6) is 0 Å². The fourth-order valence-corrected chi connectivity index (χ4v) is 3.57. The summed E-state index contributed by atoms with van der Waals surface area (Å²) in [6.45, 7) is -0.00384. The molecule has 10 nitrogen and oxygen atoms in total. The maximum absolute atomic E-state index is 13.0. The van der Waals surface area contributed by atoms with Gasteiger partial charge < -0.3 is 16.0 Å². The number of nitrogens with zero attached hydrogens (tertiary/aromatic N) is 1. The maximum atomic E-state index is 13.0. The van der Waals surface area contributed by atoms with Gasteiger partial charge in [-0.05, 0) is 31.4 Å². The Morgan fingerprint density at radius 2 is 1.84 bits per heavy atom. The minimum atomic E-state index is -2.61. The number of alkyl halides is 2. The van der Waals surface area contributed by atoms with Gasteiger partial charge in [-0.15, -0.1) is 0 Å². The lowest BCUT2D eigenvalue weighted by Gasteiger charge is -2.27. The van der Waals surface area contributed by atoms with Gasteiger partial charge in [0.05, 0.1) is 17.7 Å². The Hall–Kier alpha value is -3.57. The lowest BCUT2D eigenvalue weighted by atomic mass is 10.0. The summed E-state index contributed by atoms with van der Waals surface area (Å²) in [6.07, 6.45) is -1.34. The maximum Gasteiger partial charge on any atom is 0.314 e. The molecular weight excluding hydrogens is 428 g/mol. The minimum Gasteiger partial charge on any atom is -0.384 e. The van der Waals surface area contributed by atoms with Crippen LogP contribution in [0.2, 0.25) is 0 Å². The number of urea groups is 1. The molecule has 0 bridgehead atoms. The number of carbonyl (C=O) groups excluding carboxylic acids is 5. The van der Waals surface area contributed by atoms with E-state index in [9.17, 15) is 32.8 Å². The van der Waals surface area contributed by atoms with Gasteiger partial charge in [0.2, 0.25) is 11.8 Å². The smallest absolute Gasteiger partial charge is 0.314 e. The van der Waals surface area contributed by atoms with Crippen LogP contribution in [0, 0.1) is 0 Å². The van der Waals surface area contributed by atoms with E-state index in [0.29, 0.717) is 25.1 Å². The van der Waals surface area contributed by atoms with Crippen molar-refractivity contribution < 1.29 is 32.8 Å². The molecule has 0 aliphatic carbocycles. The Bertz CT molecular complexity index is 939. The van der Waals surface area contributed by atoms with Gasteiger partial charge in [0.15, 0.2) is 0 Å². The van der Waals surface area contributed by atoms with Crippen molar-refractivity contribution in [2.75, 3.05) is 25.0 Å². The number of piperidine rings is 1. The number of amides is 6. The van der Waals surface area contributed by atoms with Crippen LogP contribution in [0.3, 0.4) is 0 Å². The van der Waals surface area contributed by atoms with Crippen molar-refractivity contribution in [3.63, 3.8) is 0 Å². The van der Waals surface area contributed by atoms with Crippen molar-refractivity contribution in [1.29, 1.82) is 0 Å². The van der Waals surface area contributed by atoms with Gasteiger partial charge in [-0.1, -0.05) is 6.07 Å². The second-order valence-corrected chi connectivity index (χ2v) is 7.34. The number of unbranched alkanes of at least 4 members (excludes halogenated alkanes) is 1. The van der Waals surface area contributed by atoms with Crippen LogP contribution in [-0.2, 0) is 9.59 Å². The first-order valence-electron chi connectivity index (χ1n) is 10.2. The van der Waals surface area contributed by atoms with Crippen LogP contribution < -0.4 is 21.3 Å². The first kappa shape index (κ1) is 23.1. The van der Waals surface area contributed by atoms with E-state index in [2.05, 4.69) is 16.0 Å². The minimum absolute atomic E-state index is 0.0448. The monoisotopic (exact) mass is 451 g/mol. The fraction of sp³-hybridized carbons (Fsp3) is 0.450. The van der Waals surface area contributed by atoms with E-state index in [0.717, 1.165) is 4.90 Å². The molecule has 0 aromatic heterocycles. The number of halogens is 2. The van der Waals surface area contributed by atoms with E-state index in [1.54, 1.807) is 12.1 Å². The van der Waals surface area contributed by atoms with Gasteiger partial charge >= 0.3 is 6.03 Å². The summed E-state index contributed by atoms with van der Waals surface area (Å²) in [5.41, 5.74) is 0.798. The Morgan fingerprint density at radius 1 is 1.09 bits per heavy atom. The van der Waals surface area contributed by atoms with E-state index >= 15 is 0 Å². The highest BCUT2D eigenvalue weighted by molar-refractivity contribution is 6.25. The molecule has 1 atom stereocenters. The third kappa shape index (κ3) is 5.18. The predicted octanol–water partition coefficient (Wildman–Crippen LogP) is 0.844. The van der Waals surface area contributed by atoms with E-state index in [1.165, 1.54) is 6.07 Å². The van der Waals surface area contributed by atoms with E-state index < -0.39 is 48.7 Å². The Morgan fingerprint density at radius 3 is 2.56 bits per heavy atom. The number of imide groups is 2. The third-order valence-corrected chi connectivity index (χ3v) is 5.09. The molecule has 32 heavy (non-hydrogen) atoms. The summed E-state index contributed by atoms with van der Waals surface area (Å²) in [7, 11) is 0. The number of rotatable bonds is 9. The van der Waals surface area contributed by atoms with Gasteiger partial charge in [0, 0.05) is 25.2 Å².